The smallest absolute Gasteiger partial charge is 0.0611 e. The fourth-order valence-electron chi connectivity index (χ4n) is 1.86. The van der Waals surface area contributed by atoms with E-state index in [9.17, 15) is 0 Å². The van der Waals surface area contributed by atoms with Gasteiger partial charge in [-0.25, -0.2) is 0 Å². The number of nitrogens with zero attached hydrogens (tertiary/aromatic N) is 1. The molecule has 1 aromatic carbocycles. The van der Waals surface area contributed by atoms with Crippen molar-refractivity contribution in [1.82, 2.24) is 0 Å². The lowest BCUT2D eigenvalue weighted by atomic mass is 10.1. The number of hydrogen-bond donors (Lipinski definition) is 1. The zero-order valence-corrected chi connectivity index (χ0v) is 11.2. The summed E-state index contributed by atoms with van der Waals surface area (Å²) in [6.45, 7) is 4.41. The molecule has 0 saturated heterocycles. The molecule has 0 radical (unpaired) electrons. The zero-order chi connectivity index (χ0) is 11.4. The highest BCUT2D eigenvalue weighted by molar-refractivity contribution is 9.10. The van der Waals surface area contributed by atoms with E-state index in [0.29, 0.717) is 6.04 Å². The van der Waals surface area contributed by atoms with Gasteiger partial charge >= 0.3 is 0 Å². The molecular weight excluding hydrogens is 252 g/mol. The third kappa shape index (κ3) is 2.88. The first kappa shape index (κ1) is 12.4. The molecule has 0 saturated carbocycles. The third-order valence-corrected chi connectivity index (χ3v) is 3.36. The summed E-state index contributed by atoms with van der Waals surface area (Å²) in [5, 5.41) is 0. The Morgan fingerprint density at radius 2 is 1.93 bits per heavy atom. The van der Waals surface area contributed by atoms with Crippen LogP contribution in [0.15, 0.2) is 22.7 Å². The van der Waals surface area contributed by atoms with Crippen LogP contribution in [0.5, 0.6) is 0 Å². The molecule has 0 aliphatic heterocycles. The number of hydrogen-bond acceptors (Lipinski definition) is 2. The quantitative estimate of drug-likeness (QED) is 0.847. The molecule has 0 atom stereocenters. The van der Waals surface area contributed by atoms with Crippen LogP contribution in [0.4, 0.5) is 11.4 Å². The molecule has 15 heavy (non-hydrogen) atoms. The molecule has 0 bridgehead atoms. The summed E-state index contributed by atoms with van der Waals surface area (Å²) >= 11 is 3.48. The van der Waals surface area contributed by atoms with E-state index in [1.807, 2.05) is 12.1 Å². The van der Waals surface area contributed by atoms with Crippen molar-refractivity contribution in [3.05, 3.63) is 22.7 Å². The van der Waals surface area contributed by atoms with Crippen molar-refractivity contribution in [2.75, 3.05) is 17.7 Å². The van der Waals surface area contributed by atoms with Gasteiger partial charge in [0.1, 0.15) is 0 Å². The normalized spacial score (nSPS) is 10.7. The Morgan fingerprint density at radius 1 is 1.33 bits per heavy atom. The van der Waals surface area contributed by atoms with Crippen LogP contribution in [0.25, 0.3) is 0 Å². The van der Waals surface area contributed by atoms with E-state index in [2.05, 4.69) is 47.8 Å². The van der Waals surface area contributed by atoms with Gasteiger partial charge in [-0.2, -0.15) is 0 Å². The molecule has 2 N–H and O–H groups in total. The van der Waals surface area contributed by atoms with E-state index < -0.39 is 0 Å². The van der Waals surface area contributed by atoms with Crippen molar-refractivity contribution in [3.8, 4) is 0 Å². The fourth-order valence-corrected chi connectivity index (χ4v) is 2.20. The predicted molar refractivity (Wildman–Crippen MR) is 71.3 cm³/mol. The van der Waals surface area contributed by atoms with E-state index in [1.165, 1.54) is 0 Å². The number of rotatable bonds is 4. The van der Waals surface area contributed by atoms with Crippen molar-refractivity contribution in [1.29, 1.82) is 0 Å². The van der Waals surface area contributed by atoms with E-state index in [0.717, 1.165) is 28.7 Å². The lowest BCUT2D eigenvalue weighted by Gasteiger charge is -2.29. The van der Waals surface area contributed by atoms with Crippen LogP contribution in [0.2, 0.25) is 0 Å². The van der Waals surface area contributed by atoms with Crippen LogP contribution in [-0.2, 0) is 0 Å². The minimum atomic E-state index is 0.557. The maximum Gasteiger partial charge on any atom is 0.0611 e. The average Bonchev–Trinajstić information content (AvgIpc) is 2.23. The van der Waals surface area contributed by atoms with Gasteiger partial charge in [0, 0.05) is 17.6 Å². The molecule has 0 unspecified atom stereocenters. The number of anilines is 2. The van der Waals surface area contributed by atoms with E-state index in [-0.39, 0.29) is 0 Å². The molecule has 0 amide bonds. The second-order valence-corrected chi connectivity index (χ2v) is 4.70. The average molecular weight is 271 g/mol. The minimum Gasteiger partial charge on any atom is -0.397 e. The van der Waals surface area contributed by atoms with Gasteiger partial charge in [-0.05, 0) is 31.0 Å². The number of nitrogen functional groups attached to an aromatic ring is 1. The van der Waals surface area contributed by atoms with Gasteiger partial charge in [0.05, 0.1) is 11.4 Å². The van der Waals surface area contributed by atoms with Gasteiger partial charge in [-0.1, -0.05) is 29.8 Å². The summed E-state index contributed by atoms with van der Waals surface area (Å²) in [5.41, 5.74) is 7.92. The lowest BCUT2D eigenvalue weighted by Crippen LogP contribution is -2.30. The molecule has 1 rings (SSSR count). The molecule has 0 aromatic heterocycles. The molecule has 0 heterocycles. The van der Waals surface area contributed by atoms with E-state index in [4.69, 9.17) is 5.73 Å². The first-order valence-corrected chi connectivity index (χ1v) is 6.17. The molecule has 0 fully saturated rings. The maximum absolute atomic E-state index is 5.98. The molecule has 2 nitrogen and oxygen atoms in total. The monoisotopic (exact) mass is 270 g/mol. The summed E-state index contributed by atoms with van der Waals surface area (Å²) in [4.78, 5) is 2.26. The predicted octanol–water partition coefficient (Wildman–Crippen LogP) is 3.66. The summed E-state index contributed by atoms with van der Waals surface area (Å²) in [7, 11) is 2.11. The van der Waals surface area contributed by atoms with Gasteiger partial charge in [0.25, 0.3) is 0 Å². The van der Waals surface area contributed by atoms with Crippen LogP contribution in [-0.4, -0.2) is 13.1 Å². The summed E-state index contributed by atoms with van der Waals surface area (Å²) in [5.74, 6) is 0. The van der Waals surface area contributed by atoms with Gasteiger partial charge in [-0.15, -0.1) is 0 Å². The third-order valence-electron chi connectivity index (χ3n) is 2.86. The molecule has 0 aliphatic rings. The number of halogens is 1. The van der Waals surface area contributed by atoms with Crippen molar-refractivity contribution in [2.24, 2.45) is 0 Å². The number of benzene rings is 1. The zero-order valence-electron chi connectivity index (χ0n) is 9.63. The Hall–Kier alpha value is -0.700. The molecular formula is C12H19BrN2. The summed E-state index contributed by atoms with van der Waals surface area (Å²) in [6, 6.07) is 6.55. The van der Waals surface area contributed by atoms with Gasteiger partial charge in [0.2, 0.25) is 0 Å². The highest BCUT2D eigenvalue weighted by Gasteiger charge is 2.13. The maximum atomic E-state index is 5.98. The van der Waals surface area contributed by atoms with Crippen LogP contribution in [0.1, 0.15) is 26.7 Å². The van der Waals surface area contributed by atoms with Gasteiger partial charge in [-0.3, -0.25) is 0 Å². The van der Waals surface area contributed by atoms with Crippen LogP contribution in [0, 0.1) is 0 Å². The van der Waals surface area contributed by atoms with Crippen molar-refractivity contribution in [3.63, 3.8) is 0 Å². The van der Waals surface area contributed by atoms with E-state index >= 15 is 0 Å². The summed E-state index contributed by atoms with van der Waals surface area (Å²) < 4.78 is 1.07. The Kier molecular flexibility index (Phi) is 4.45. The Morgan fingerprint density at radius 3 is 2.47 bits per heavy atom. The molecule has 84 valence electrons. The fraction of sp³-hybridized carbons (Fsp3) is 0.500. The van der Waals surface area contributed by atoms with Crippen LogP contribution >= 0.6 is 15.9 Å². The highest BCUT2D eigenvalue weighted by atomic mass is 79.9. The summed E-state index contributed by atoms with van der Waals surface area (Å²) in [6.07, 6.45) is 2.28. The number of nitrogens with two attached hydrogens (primary N) is 1. The first-order valence-electron chi connectivity index (χ1n) is 5.38. The van der Waals surface area contributed by atoms with Crippen molar-refractivity contribution >= 4 is 27.3 Å². The van der Waals surface area contributed by atoms with Gasteiger partial charge in [0.15, 0.2) is 0 Å². The Balaban J connectivity index is 2.98. The Bertz CT molecular complexity index is 321. The topological polar surface area (TPSA) is 29.3 Å². The first-order chi connectivity index (χ1) is 7.10. The van der Waals surface area contributed by atoms with Crippen molar-refractivity contribution in [2.45, 2.75) is 32.7 Å². The molecule has 0 aliphatic carbocycles. The van der Waals surface area contributed by atoms with Gasteiger partial charge < -0.3 is 10.6 Å². The Labute approximate surface area is 101 Å². The largest absolute Gasteiger partial charge is 0.397 e. The highest BCUT2D eigenvalue weighted by Crippen LogP contribution is 2.28. The lowest BCUT2D eigenvalue weighted by molar-refractivity contribution is 0.592. The molecule has 3 heteroatoms. The molecule has 0 spiro atoms. The second kappa shape index (κ2) is 5.40. The van der Waals surface area contributed by atoms with Crippen molar-refractivity contribution < 1.29 is 0 Å². The van der Waals surface area contributed by atoms with E-state index in [1.54, 1.807) is 0 Å². The SMILES string of the molecule is CCC(CC)N(C)c1cc(Br)ccc1N. The minimum absolute atomic E-state index is 0.557. The second-order valence-electron chi connectivity index (χ2n) is 3.78. The molecule has 1 aromatic rings. The van der Waals surface area contributed by atoms with Crippen LogP contribution < -0.4 is 10.6 Å². The standard InChI is InChI=1S/C12H19BrN2/c1-4-10(5-2)15(3)12-8-9(13)6-7-11(12)14/h6-8,10H,4-5,14H2,1-3H3. The van der Waals surface area contributed by atoms with Crippen LogP contribution in [0.3, 0.4) is 0 Å².